The summed E-state index contributed by atoms with van der Waals surface area (Å²) in [5.74, 6) is 0. The molecule has 0 spiro atoms. The van der Waals surface area contributed by atoms with Gasteiger partial charge in [-0.15, -0.1) is 0 Å². The van der Waals surface area contributed by atoms with Crippen molar-refractivity contribution in [2.45, 2.75) is 0 Å². The van der Waals surface area contributed by atoms with Crippen LogP contribution < -0.4 is 0 Å². The largest absolute Gasteiger partial charge is 0.399 e. The zero-order valence-electron chi connectivity index (χ0n) is 7.31. The monoisotopic (exact) mass is 214 g/mol. The number of nitrogens with zero attached hydrogens (tertiary/aromatic N) is 2. The molecule has 1 rings (SSSR count). The SMILES string of the molecule is CO/N=C/c1c(Cl)cccc1[N+](=O)[O-]. The van der Waals surface area contributed by atoms with Gasteiger partial charge in [-0.25, -0.2) is 0 Å². The van der Waals surface area contributed by atoms with Gasteiger partial charge in [0.1, 0.15) is 7.11 Å². The maximum absolute atomic E-state index is 10.6. The van der Waals surface area contributed by atoms with Crippen molar-refractivity contribution in [3.63, 3.8) is 0 Å². The van der Waals surface area contributed by atoms with E-state index in [0.29, 0.717) is 0 Å². The van der Waals surface area contributed by atoms with Crippen LogP contribution in [-0.2, 0) is 4.84 Å². The summed E-state index contributed by atoms with van der Waals surface area (Å²) in [6.07, 6.45) is 1.21. The molecular formula is C8H7ClN2O3. The highest BCUT2D eigenvalue weighted by atomic mass is 35.5. The van der Waals surface area contributed by atoms with Crippen molar-refractivity contribution in [2.24, 2.45) is 5.16 Å². The summed E-state index contributed by atoms with van der Waals surface area (Å²) in [5, 5.41) is 14.3. The van der Waals surface area contributed by atoms with Crippen molar-refractivity contribution in [1.82, 2.24) is 0 Å². The van der Waals surface area contributed by atoms with Crippen molar-refractivity contribution >= 4 is 23.5 Å². The predicted octanol–water partition coefficient (Wildman–Crippen LogP) is 2.23. The van der Waals surface area contributed by atoms with Crippen LogP contribution in [0.1, 0.15) is 5.56 Å². The van der Waals surface area contributed by atoms with Crippen molar-refractivity contribution in [3.05, 3.63) is 38.9 Å². The molecule has 5 nitrogen and oxygen atoms in total. The molecule has 0 aliphatic rings. The highest BCUT2D eigenvalue weighted by Gasteiger charge is 2.14. The van der Waals surface area contributed by atoms with Crippen molar-refractivity contribution in [2.75, 3.05) is 7.11 Å². The molecule has 0 N–H and O–H groups in total. The Hall–Kier alpha value is -1.62. The van der Waals surface area contributed by atoms with E-state index in [2.05, 4.69) is 9.99 Å². The van der Waals surface area contributed by atoms with E-state index in [1.54, 1.807) is 6.07 Å². The van der Waals surface area contributed by atoms with E-state index in [4.69, 9.17) is 11.6 Å². The van der Waals surface area contributed by atoms with Crippen LogP contribution in [0.25, 0.3) is 0 Å². The molecule has 0 aliphatic carbocycles. The molecule has 0 fully saturated rings. The molecule has 0 aliphatic heterocycles. The number of nitro groups is 1. The van der Waals surface area contributed by atoms with Crippen LogP contribution in [0, 0.1) is 10.1 Å². The molecule has 74 valence electrons. The number of oxime groups is 1. The van der Waals surface area contributed by atoms with Crippen molar-refractivity contribution < 1.29 is 9.76 Å². The maximum Gasteiger partial charge on any atom is 0.279 e. The molecule has 1 aromatic carbocycles. The van der Waals surface area contributed by atoms with Crippen LogP contribution in [0.15, 0.2) is 23.4 Å². The first-order chi connectivity index (χ1) is 6.66. The third-order valence-corrected chi connectivity index (χ3v) is 1.84. The predicted molar refractivity (Wildman–Crippen MR) is 52.7 cm³/mol. The Morgan fingerprint density at radius 3 is 2.93 bits per heavy atom. The summed E-state index contributed by atoms with van der Waals surface area (Å²) >= 11 is 5.76. The third-order valence-electron chi connectivity index (χ3n) is 1.51. The van der Waals surface area contributed by atoms with Gasteiger partial charge in [-0.3, -0.25) is 10.1 Å². The van der Waals surface area contributed by atoms with E-state index in [9.17, 15) is 10.1 Å². The minimum Gasteiger partial charge on any atom is -0.399 e. The van der Waals surface area contributed by atoms with Gasteiger partial charge in [-0.2, -0.15) is 0 Å². The fraction of sp³-hybridized carbons (Fsp3) is 0.125. The van der Waals surface area contributed by atoms with Gasteiger partial charge in [-0.1, -0.05) is 22.8 Å². The second-order valence-corrected chi connectivity index (χ2v) is 2.75. The lowest BCUT2D eigenvalue weighted by molar-refractivity contribution is -0.385. The first-order valence-electron chi connectivity index (χ1n) is 3.66. The quantitative estimate of drug-likeness (QED) is 0.440. The Bertz CT molecular complexity index is 379. The molecular weight excluding hydrogens is 208 g/mol. The Labute approximate surface area is 85.1 Å². The molecule has 0 radical (unpaired) electrons. The molecule has 0 bridgehead atoms. The van der Waals surface area contributed by atoms with Gasteiger partial charge in [0.15, 0.2) is 0 Å². The summed E-state index contributed by atoms with van der Waals surface area (Å²) in [6.45, 7) is 0. The summed E-state index contributed by atoms with van der Waals surface area (Å²) in [4.78, 5) is 14.5. The van der Waals surface area contributed by atoms with Crippen molar-refractivity contribution in [3.8, 4) is 0 Å². The zero-order chi connectivity index (χ0) is 10.6. The summed E-state index contributed by atoms with van der Waals surface area (Å²) in [5.41, 5.74) is 0.138. The number of nitro benzene ring substituents is 1. The smallest absolute Gasteiger partial charge is 0.279 e. The van der Waals surface area contributed by atoms with Gasteiger partial charge in [0.25, 0.3) is 5.69 Å². The summed E-state index contributed by atoms with van der Waals surface area (Å²) in [7, 11) is 1.35. The second kappa shape index (κ2) is 4.57. The van der Waals surface area contributed by atoms with E-state index in [-0.39, 0.29) is 16.3 Å². The van der Waals surface area contributed by atoms with Gasteiger partial charge in [-0.05, 0) is 6.07 Å². The summed E-state index contributed by atoms with van der Waals surface area (Å²) < 4.78 is 0. The van der Waals surface area contributed by atoms with E-state index in [1.807, 2.05) is 0 Å². The van der Waals surface area contributed by atoms with Crippen LogP contribution in [0.2, 0.25) is 5.02 Å². The average molecular weight is 215 g/mol. The number of benzene rings is 1. The number of hydrogen-bond donors (Lipinski definition) is 0. The molecule has 0 amide bonds. The molecule has 6 heteroatoms. The van der Waals surface area contributed by atoms with Gasteiger partial charge >= 0.3 is 0 Å². The minimum absolute atomic E-state index is 0.0988. The van der Waals surface area contributed by atoms with Gasteiger partial charge < -0.3 is 4.84 Å². The normalized spacial score (nSPS) is 10.4. The topological polar surface area (TPSA) is 64.7 Å². The Kier molecular flexibility index (Phi) is 3.41. The van der Waals surface area contributed by atoms with E-state index >= 15 is 0 Å². The first-order valence-corrected chi connectivity index (χ1v) is 4.04. The molecule has 0 atom stereocenters. The lowest BCUT2D eigenvalue weighted by Crippen LogP contribution is -1.95. The Morgan fingerprint density at radius 1 is 1.64 bits per heavy atom. The highest BCUT2D eigenvalue weighted by Crippen LogP contribution is 2.24. The maximum atomic E-state index is 10.6. The summed E-state index contributed by atoms with van der Waals surface area (Å²) in [6, 6.07) is 4.40. The number of halogens is 1. The number of rotatable bonds is 3. The van der Waals surface area contributed by atoms with E-state index in [1.165, 1.54) is 25.5 Å². The third kappa shape index (κ3) is 2.20. The lowest BCUT2D eigenvalue weighted by atomic mass is 10.2. The van der Waals surface area contributed by atoms with Gasteiger partial charge in [0, 0.05) is 6.07 Å². The Morgan fingerprint density at radius 2 is 2.36 bits per heavy atom. The molecule has 14 heavy (non-hydrogen) atoms. The fourth-order valence-corrected chi connectivity index (χ4v) is 1.14. The van der Waals surface area contributed by atoms with Crippen molar-refractivity contribution in [1.29, 1.82) is 0 Å². The van der Waals surface area contributed by atoms with Crippen LogP contribution in [0.5, 0.6) is 0 Å². The highest BCUT2D eigenvalue weighted by molar-refractivity contribution is 6.33. The molecule has 0 heterocycles. The fourth-order valence-electron chi connectivity index (χ4n) is 0.918. The minimum atomic E-state index is -0.525. The molecule has 0 unspecified atom stereocenters. The molecule has 0 saturated heterocycles. The standard InChI is InChI=1S/C8H7ClN2O3/c1-14-10-5-6-7(9)3-2-4-8(6)11(12)13/h2-5H,1H3/b10-5+. The molecule has 1 aromatic rings. The zero-order valence-corrected chi connectivity index (χ0v) is 8.06. The molecule has 0 aromatic heterocycles. The van der Waals surface area contributed by atoms with Crippen LogP contribution in [-0.4, -0.2) is 18.2 Å². The van der Waals surface area contributed by atoms with Gasteiger partial charge in [0.05, 0.1) is 21.7 Å². The van der Waals surface area contributed by atoms with E-state index in [0.717, 1.165) is 0 Å². The second-order valence-electron chi connectivity index (χ2n) is 2.35. The lowest BCUT2D eigenvalue weighted by Gasteiger charge is -1.98. The van der Waals surface area contributed by atoms with Crippen LogP contribution >= 0.6 is 11.6 Å². The number of hydrogen-bond acceptors (Lipinski definition) is 4. The van der Waals surface area contributed by atoms with Gasteiger partial charge in [0.2, 0.25) is 0 Å². The Balaban J connectivity index is 3.22. The van der Waals surface area contributed by atoms with E-state index < -0.39 is 4.92 Å². The van der Waals surface area contributed by atoms with Crippen LogP contribution in [0.3, 0.4) is 0 Å². The molecule has 0 saturated carbocycles. The van der Waals surface area contributed by atoms with Crippen LogP contribution in [0.4, 0.5) is 5.69 Å². The first kappa shape index (κ1) is 10.5. The average Bonchev–Trinajstić information content (AvgIpc) is 2.15.